The second kappa shape index (κ2) is 6.72. The van der Waals surface area contributed by atoms with Crippen LogP contribution in [0.3, 0.4) is 0 Å². The van der Waals surface area contributed by atoms with Gasteiger partial charge >= 0.3 is 0 Å². The van der Waals surface area contributed by atoms with Crippen molar-refractivity contribution in [3.8, 4) is 0 Å². The number of primary amides is 1. The highest BCUT2D eigenvalue weighted by Crippen LogP contribution is 2.14. The van der Waals surface area contributed by atoms with E-state index in [9.17, 15) is 9.59 Å². The highest BCUT2D eigenvalue weighted by Gasteiger charge is 2.27. The van der Waals surface area contributed by atoms with E-state index in [1.165, 1.54) is 0 Å². The van der Waals surface area contributed by atoms with Crippen LogP contribution >= 0.6 is 11.6 Å². The van der Waals surface area contributed by atoms with Crippen molar-refractivity contribution in [2.24, 2.45) is 5.73 Å². The minimum absolute atomic E-state index is 0.278. The van der Waals surface area contributed by atoms with E-state index in [-0.39, 0.29) is 5.91 Å². The van der Waals surface area contributed by atoms with E-state index in [4.69, 9.17) is 22.1 Å². The highest BCUT2D eigenvalue weighted by atomic mass is 35.5. The van der Waals surface area contributed by atoms with E-state index >= 15 is 0 Å². The van der Waals surface area contributed by atoms with Gasteiger partial charge in [-0.05, 0) is 30.5 Å². The third-order valence-corrected chi connectivity index (χ3v) is 3.49. The van der Waals surface area contributed by atoms with Crippen molar-refractivity contribution in [3.63, 3.8) is 0 Å². The molecule has 1 saturated heterocycles. The Hall–Kier alpha value is -1.59. The minimum Gasteiger partial charge on any atom is -0.368 e. The average molecular weight is 297 g/mol. The number of hydrogen-bond acceptors (Lipinski definition) is 3. The molecule has 20 heavy (non-hydrogen) atoms. The predicted octanol–water partition coefficient (Wildman–Crippen LogP) is 1.03. The van der Waals surface area contributed by atoms with Gasteiger partial charge in [0.15, 0.2) is 0 Å². The summed E-state index contributed by atoms with van der Waals surface area (Å²) in [5.74, 6) is -0.841. The monoisotopic (exact) mass is 296 g/mol. The van der Waals surface area contributed by atoms with Crippen LogP contribution in [0.4, 0.5) is 0 Å². The number of hydrogen-bond donors (Lipinski definition) is 2. The maximum Gasteiger partial charge on any atom is 0.249 e. The van der Waals surface area contributed by atoms with E-state index in [1.807, 2.05) is 0 Å². The van der Waals surface area contributed by atoms with Crippen LogP contribution in [0.2, 0.25) is 5.02 Å². The Bertz CT molecular complexity index is 484. The largest absolute Gasteiger partial charge is 0.368 e. The number of carbonyl (C=O) groups is 2. The molecule has 1 aliphatic rings. The van der Waals surface area contributed by atoms with Crippen LogP contribution in [-0.2, 0) is 20.7 Å². The number of benzene rings is 1. The summed E-state index contributed by atoms with van der Waals surface area (Å²) < 4.78 is 5.28. The molecule has 1 aliphatic heterocycles. The number of carbonyl (C=O) groups excluding carboxylic acids is 2. The molecule has 2 amide bonds. The van der Waals surface area contributed by atoms with Crippen LogP contribution in [-0.4, -0.2) is 30.6 Å². The zero-order valence-corrected chi connectivity index (χ0v) is 11.7. The number of ether oxygens (including phenoxy) is 1. The van der Waals surface area contributed by atoms with Gasteiger partial charge in [0.05, 0.1) is 0 Å². The molecule has 0 aliphatic carbocycles. The molecule has 1 aromatic rings. The van der Waals surface area contributed by atoms with Gasteiger partial charge in [-0.3, -0.25) is 9.59 Å². The number of halogens is 1. The summed E-state index contributed by atoms with van der Waals surface area (Å²) in [6, 6.07) is 6.33. The van der Waals surface area contributed by atoms with Crippen LogP contribution in [0.1, 0.15) is 18.4 Å². The molecule has 2 atom stereocenters. The molecule has 0 radical (unpaired) electrons. The van der Waals surface area contributed by atoms with Crippen LogP contribution in [0.25, 0.3) is 0 Å². The first-order chi connectivity index (χ1) is 9.56. The van der Waals surface area contributed by atoms with Crippen LogP contribution in [0.15, 0.2) is 24.3 Å². The summed E-state index contributed by atoms with van der Waals surface area (Å²) in [6.45, 7) is 0.580. The van der Waals surface area contributed by atoms with E-state index in [2.05, 4.69) is 5.32 Å². The van der Waals surface area contributed by atoms with Gasteiger partial charge in [0.25, 0.3) is 0 Å². The normalized spacial score (nSPS) is 19.6. The molecule has 0 saturated carbocycles. The molecular formula is C14H17ClN2O3. The standard InChI is InChI=1S/C14H17ClN2O3/c15-10-5-3-9(4-6-10)8-11(13(16)18)17-14(19)12-2-1-7-20-12/h3-6,11-12H,1-2,7-8H2,(H2,16,18)(H,17,19)/t11-,12-/m0/s1. The van der Waals surface area contributed by atoms with Crippen molar-refractivity contribution in [2.75, 3.05) is 6.61 Å². The van der Waals surface area contributed by atoms with E-state index in [0.29, 0.717) is 24.5 Å². The van der Waals surface area contributed by atoms with Crippen LogP contribution in [0, 0.1) is 0 Å². The van der Waals surface area contributed by atoms with Crippen molar-refractivity contribution in [1.29, 1.82) is 0 Å². The first-order valence-corrected chi connectivity index (χ1v) is 6.90. The molecule has 0 aromatic heterocycles. The number of nitrogens with two attached hydrogens (primary N) is 1. The molecule has 1 heterocycles. The Morgan fingerprint density at radius 1 is 1.40 bits per heavy atom. The van der Waals surface area contributed by atoms with Gasteiger partial charge in [-0.15, -0.1) is 0 Å². The predicted molar refractivity (Wildman–Crippen MR) is 75.3 cm³/mol. The molecular weight excluding hydrogens is 280 g/mol. The lowest BCUT2D eigenvalue weighted by Gasteiger charge is -2.18. The summed E-state index contributed by atoms with van der Waals surface area (Å²) >= 11 is 5.80. The number of rotatable bonds is 5. The maximum atomic E-state index is 11.9. The van der Waals surface area contributed by atoms with Crippen molar-refractivity contribution in [3.05, 3.63) is 34.9 Å². The Labute approximate surface area is 122 Å². The Balaban J connectivity index is 1.98. The molecule has 6 heteroatoms. The fraction of sp³-hybridized carbons (Fsp3) is 0.429. The van der Waals surface area contributed by atoms with Gasteiger partial charge in [-0.2, -0.15) is 0 Å². The molecule has 0 bridgehead atoms. The van der Waals surface area contributed by atoms with Gasteiger partial charge in [0.2, 0.25) is 11.8 Å². The number of nitrogens with one attached hydrogen (secondary N) is 1. The van der Waals surface area contributed by atoms with Crippen molar-refractivity contribution >= 4 is 23.4 Å². The van der Waals surface area contributed by atoms with Gasteiger partial charge in [0, 0.05) is 18.1 Å². The van der Waals surface area contributed by atoms with Crippen molar-refractivity contribution in [2.45, 2.75) is 31.4 Å². The average Bonchev–Trinajstić information content (AvgIpc) is 2.94. The zero-order valence-electron chi connectivity index (χ0n) is 11.0. The Kier molecular flexibility index (Phi) is 4.98. The second-order valence-corrected chi connectivity index (χ2v) is 5.23. The summed E-state index contributed by atoms with van der Waals surface area (Å²) in [5, 5.41) is 3.27. The zero-order chi connectivity index (χ0) is 14.5. The smallest absolute Gasteiger partial charge is 0.249 e. The second-order valence-electron chi connectivity index (χ2n) is 4.80. The van der Waals surface area contributed by atoms with Gasteiger partial charge in [-0.25, -0.2) is 0 Å². The van der Waals surface area contributed by atoms with E-state index < -0.39 is 18.1 Å². The van der Waals surface area contributed by atoms with Crippen molar-refractivity contribution < 1.29 is 14.3 Å². The lowest BCUT2D eigenvalue weighted by Crippen LogP contribution is -2.49. The topological polar surface area (TPSA) is 81.4 Å². The first kappa shape index (κ1) is 14.8. The SMILES string of the molecule is NC(=O)[C@H](Cc1ccc(Cl)cc1)NC(=O)[C@@H]1CCCO1. The Morgan fingerprint density at radius 2 is 2.10 bits per heavy atom. The van der Waals surface area contributed by atoms with Gasteiger partial charge in [-0.1, -0.05) is 23.7 Å². The van der Waals surface area contributed by atoms with E-state index in [0.717, 1.165) is 12.0 Å². The summed E-state index contributed by atoms with van der Waals surface area (Å²) in [5.41, 5.74) is 6.22. The highest BCUT2D eigenvalue weighted by molar-refractivity contribution is 6.30. The molecule has 2 rings (SSSR count). The quantitative estimate of drug-likeness (QED) is 0.851. The van der Waals surface area contributed by atoms with Crippen LogP contribution < -0.4 is 11.1 Å². The maximum absolute atomic E-state index is 11.9. The summed E-state index contributed by atoms with van der Waals surface area (Å²) in [4.78, 5) is 23.4. The molecule has 5 nitrogen and oxygen atoms in total. The van der Waals surface area contributed by atoms with Crippen LogP contribution in [0.5, 0.6) is 0 Å². The van der Waals surface area contributed by atoms with Gasteiger partial charge < -0.3 is 15.8 Å². The minimum atomic E-state index is -0.743. The lowest BCUT2D eigenvalue weighted by atomic mass is 10.0. The lowest BCUT2D eigenvalue weighted by molar-refractivity contribution is -0.133. The molecule has 1 aromatic carbocycles. The fourth-order valence-electron chi connectivity index (χ4n) is 2.13. The fourth-order valence-corrected chi connectivity index (χ4v) is 2.25. The molecule has 108 valence electrons. The molecule has 1 fully saturated rings. The molecule has 3 N–H and O–H groups in total. The molecule has 0 spiro atoms. The third-order valence-electron chi connectivity index (χ3n) is 3.24. The third kappa shape index (κ3) is 3.95. The number of amides is 2. The van der Waals surface area contributed by atoms with Gasteiger partial charge in [0.1, 0.15) is 12.1 Å². The van der Waals surface area contributed by atoms with E-state index in [1.54, 1.807) is 24.3 Å². The Morgan fingerprint density at radius 3 is 2.65 bits per heavy atom. The first-order valence-electron chi connectivity index (χ1n) is 6.52. The summed E-state index contributed by atoms with van der Waals surface area (Å²) in [7, 11) is 0. The molecule has 0 unspecified atom stereocenters. The summed E-state index contributed by atoms with van der Waals surface area (Å²) in [6.07, 6.45) is 1.40. The van der Waals surface area contributed by atoms with Crippen molar-refractivity contribution in [1.82, 2.24) is 5.32 Å².